The van der Waals surface area contributed by atoms with Gasteiger partial charge in [-0.2, -0.15) is 5.10 Å². The number of carbonyl (C=O) groups is 1. The lowest BCUT2D eigenvalue weighted by Crippen LogP contribution is -2.45. The van der Waals surface area contributed by atoms with E-state index in [1.54, 1.807) is 0 Å². The molecule has 0 bridgehead atoms. The van der Waals surface area contributed by atoms with Crippen LogP contribution in [0.1, 0.15) is 20.3 Å². The average molecular weight is 296 g/mol. The molecule has 0 atom stereocenters. The number of rotatable bonds is 5. The molecule has 0 aliphatic heterocycles. The van der Waals surface area contributed by atoms with Crippen molar-refractivity contribution in [2.24, 2.45) is 7.05 Å². The van der Waals surface area contributed by atoms with Crippen molar-refractivity contribution in [3.63, 3.8) is 0 Å². The van der Waals surface area contributed by atoms with Gasteiger partial charge in [-0.1, -0.05) is 11.6 Å². The van der Waals surface area contributed by atoms with E-state index in [4.69, 9.17) is 16.7 Å². The Morgan fingerprint density at radius 2 is 2.17 bits per heavy atom. The number of hydrogen-bond acceptors (Lipinski definition) is 4. The molecule has 18 heavy (non-hydrogen) atoms. The maximum Gasteiger partial charge on any atom is 0.305 e. The molecule has 1 aromatic heterocycles. The zero-order valence-corrected chi connectivity index (χ0v) is 11.7. The smallest absolute Gasteiger partial charge is 0.305 e. The Morgan fingerprint density at radius 1 is 1.61 bits per heavy atom. The number of carboxylic acid groups (broad SMARTS) is 1. The summed E-state index contributed by atoms with van der Waals surface area (Å²) in [5, 5.41) is 12.2. The molecule has 0 aromatic carbocycles. The van der Waals surface area contributed by atoms with Gasteiger partial charge in [-0.15, -0.1) is 0 Å². The van der Waals surface area contributed by atoms with Gasteiger partial charge < -0.3 is 5.11 Å². The fourth-order valence-corrected chi connectivity index (χ4v) is 3.60. The summed E-state index contributed by atoms with van der Waals surface area (Å²) in [7, 11) is -2.49. The average Bonchev–Trinajstić information content (AvgIpc) is 2.41. The van der Waals surface area contributed by atoms with Gasteiger partial charge in [0.25, 0.3) is 10.0 Å². The van der Waals surface area contributed by atoms with Crippen LogP contribution in [0.25, 0.3) is 0 Å². The van der Waals surface area contributed by atoms with Crippen molar-refractivity contribution in [2.45, 2.75) is 30.8 Å². The largest absolute Gasteiger partial charge is 0.481 e. The Labute approximate surface area is 110 Å². The minimum absolute atomic E-state index is 0.0175. The highest BCUT2D eigenvalue weighted by Crippen LogP contribution is 2.22. The lowest BCUT2D eigenvalue weighted by Gasteiger charge is -2.23. The summed E-state index contributed by atoms with van der Waals surface area (Å²) in [6, 6.07) is 0. The number of nitrogens with one attached hydrogen (secondary N) is 1. The molecule has 9 heteroatoms. The molecule has 0 spiro atoms. The van der Waals surface area contributed by atoms with Crippen LogP contribution in [-0.4, -0.2) is 34.8 Å². The second-order valence-electron chi connectivity index (χ2n) is 4.48. The van der Waals surface area contributed by atoms with Crippen molar-refractivity contribution in [2.75, 3.05) is 0 Å². The topological polar surface area (TPSA) is 101 Å². The Kier molecular flexibility index (Phi) is 4.04. The third kappa shape index (κ3) is 3.44. The molecule has 2 N–H and O–H groups in total. The van der Waals surface area contributed by atoms with Crippen molar-refractivity contribution < 1.29 is 18.3 Å². The summed E-state index contributed by atoms with van der Waals surface area (Å²) < 4.78 is 27.6. The van der Waals surface area contributed by atoms with Crippen molar-refractivity contribution in [1.82, 2.24) is 14.5 Å². The van der Waals surface area contributed by atoms with Crippen LogP contribution in [0.4, 0.5) is 0 Å². The molecule has 0 saturated heterocycles. The molecular formula is C9H14ClN3O4S. The first-order valence-electron chi connectivity index (χ1n) is 4.98. The van der Waals surface area contributed by atoms with Gasteiger partial charge in [0.2, 0.25) is 0 Å². The highest BCUT2D eigenvalue weighted by molar-refractivity contribution is 7.89. The van der Waals surface area contributed by atoms with E-state index in [1.807, 2.05) is 0 Å². The zero-order chi connectivity index (χ0) is 14.1. The molecule has 7 nitrogen and oxygen atoms in total. The van der Waals surface area contributed by atoms with Crippen LogP contribution in [0.2, 0.25) is 5.02 Å². The summed E-state index contributed by atoms with van der Waals surface area (Å²) >= 11 is 5.75. The number of carboxylic acids is 1. The number of aromatic nitrogens is 2. The third-order valence-electron chi connectivity index (χ3n) is 2.10. The van der Waals surface area contributed by atoms with E-state index in [-0.39, 0.29) is 16.5 Å². The molecule has 0 unspecified atom stereocenters. The first-order chi connectivity index (χ1) is 8.05. The van der Waals surface area contributed by atoms with Crippen LogP contribution in [0.5, 0.6) is 0 Å². The number of nitrogens with zero attached hydrogens (tertiary/aromatic N) is 2. The lowest BCUT2D eigenvalue weighted by molar-refractivity contribution is -0.138. The quantitative estimate of drug-likeness (QED) is 0.828. The summed E-state index contributed by atoms with van der Waals surface area (Å²) in [5.74, 6) is -1.10. The number of sulfonamides is 1. The summed E-state index contributed by atoms with van der Waals surface area (Å²) in [6.07, 6.45) is 0.863. The number of aliphatic carboxylic acids is 1. The minimum atomic E-state index is -3.93. The van der Waals surface area contributed by atoms with Gasteiger partial charge in [-0.05, 0) is 13.8 Å². The van der Waals surface area contributed by atoms with Crippen LogP contribution in [0.3, 0.4) is 0 Å². The molecule has 0 aliphatic rings. The van der Waals surface area contributed by atoms with Gasteiger partial charge in [0.15, 0.2) is 5.03 Å². The first kappa shape index (κ1) is 14.9. The summed E-state index contributed by atoms with van der Waals surface area (Å²) in [4.78, 5) is 10.6. The Bertz CT molecular complexity index is 545. The molecule has 1 heterocycles. The molecular weight excluding hydrogens is 282 g/mol. The number of hydrogen-bond donors (Lipinski definition) is 2. The van der Waals surface area contributed by atoms with Gasteiger partial charge in [0, 0.05) is 12.6 Å². The summed E-state index contributed by atoms with van der Waals surface area (Å²) in [5.41, 5.74) is -1.13. The van der Waals surface area contributed by atoms with E-state index in [9.17, 15) is 13.2 Å². The number of aryl methyl sites for hydroxylation is 1. The molecule has 0 amide bonds. The van der Waals surface area contributed by atoms with Crippen molar-refractivity contribution in [3.8, 4) is 0 Å². The highest BCUT2D eigenvalue weighted by Gasteiger charge is 2.31. The van der Waals surface area contributed by atoms with Crippen LogP contribution in [0, 0.1) is 0 Å². The second kappa shape index (κ2) is 4.87. The van der Waals surface area contributed by atoms with Gasteiger partial charge >= 0.3 is 5.97 Å². The minimum Gasteiger partial charge on any atom is -0.481 e. The van der Waals surface area contributed by atoms with Crippen LogP contribution in [-0.2, 0) is 21.9 Å². The van der Waals surface area contributed by atoms with Crippen LogP contribution >= 0.6 is 11.6 Å². The molecule has 0 aliphatic carbocycles. The van der Waals surface area contributed by atoms with Gasteiger partial charge in [0.1, 0.15) is 0 Å². The van der Waals surface area contributed by atoms with E-state index in [0.717, 1.165) is 4.68 Å². The van der Waals surface area contributed by atoms with Crippen LogP contribution < -0.4 is 4.72 Å². The molecule has 0 fully saturated rings. The fourth-order valence-electron chi connectivity index (χ4n) is 1.53. The van der Waals surface area contributed by atoms with Crippen molar-refractivity contribution >= 4 is 27.6 Å². The first-order valence-corrected chi connectivity index (χ1v) is 6.84. The third-order valence-corrected chi connectivity index (χ3v) is 4.30. The maximum absolute atomic E-state index is 12.1. The van der Waals surface area contributed by atoms with E-state index in [2.05, 4.69) is 9.82 Å². The van der Waals surface area contributed by atoms with E-state index >= 15 is 0 Å². The predicted molar refractivity (Wildman–Crippen MR) is 64.9 cm³/mol. The molecule has 0 radical (unpaired) electrons. The standard InChI is InChI=1S/C9H14ClN3O4S/c1-9(2,4-7(14)15)12-18(16,17)8-6(10)5-11-13(8)3/h5,12H,4H2,1-3H3,(H,14,15). The fraction of sp³-hybridized carbons (Fsp3) is 0.556. The Balaban J connectivity index is 3.07. The molecule has 0 saturated carbocycles. The molecule has 1 rings (SSSR count). The van der Waals surface area contributed by atoms with Crippen molar-refractivity contribution in [3.05, 3.63) is 11.2 Å². The second-order valence-corrected chi connectivity index (χ2v) is 6.49. The van der Waals surface area contributed by atoms with E-state index < -0.39 is 21.5 Å². The summed E-state index contributed by atoms with van der Waals surface area (Å²) in [6.45, 7) is 2.95. The van der Waals surface area contributed by atoms with Gasteiger partial charge in [0.05, 0.1) is 17.6 Å². The monoisotopic (exact) mass is 295 g/mol. The normalized spacial score (nSPS) is 12.7. The van der Waals surface area contributed by atoms with Crippen molar-refractivity contribution in [1.29, 1.82) is 0 Å². The molecule has 1 aromatic rings. The Morgan fingerprint density at radius 3 is 2.56 bits per heavy atom. The van der Waals surface area contributed by atoms with E-state index in [1.165, 1.54) is 27.1 Å². The predicted octanol–water partition coefficient (Wildman–Crippen LogP) is 0.605. The lowest BCUT2D eigenvalue weighted by atomic mass is 10.0. The maximum atomic E-state index is 12.1. The molecule has 102 valence electrons. The van der Waals surface area contributed by atoms with E-state index in [0.29, 0.717) is 0 Å². The SMILES string of the molecule is Cn1ncc(Cl)c1S(=O)(=O)NC(C)(C)CC(=O)O. The van der Waals surface area contributed by atoms with Crippen LogP contribution in [0.15, 0.2) is 11.2 Å². The number of halogens is 1. The zero-order valence-electron chi connectivity index (χ0n) is 10.1. The van der Waals surface area contributed by atoms with Gasteiger partial charge in [-0.25, -0.2) is 13.1 Å². The Hall–Kier alpha value is -1.12. The van der Waals surface area contributed by atoms with Gasteiger partial charge in [-0.3, -0.25) is 9.48 Å². The highest BCUT2D eigenvalue weighted by atomic mass is 35.5.